The summed E-state index contributed by atoms with van der Waals surface area (Å²) in [4.78, 5) is 10.3. The third kappa shape index (κ3) is 1.66. The van der Waals surface area contributed by atoms with E-state index in [1.165, 1.54) is 0 Å². The van der Waals surface area contributed by atoms with Crippen LogP contribution in [0.25, 0.3) is 0 Å². The van der Waals surface area contributed by atoms with Crippen LogP contribution in [-0.2, 0) is 4.79 Å². The summed E-state index contributed by atoms with van der Waals surface area (Å²) in [5, 5.41) is 42.2. The fraction of sp³-hybridized carbons (Fsp3) is 0.800. The molecule has 0 rings (SSSR count). The maximum atomic E-state index is 10.3. The number of hydrogen-bond acceptors (Lipinski definition) is 5. The fourth-order valence-corrected chi connectivity index (χ4v) is 0.354. The van der Waals surface area contributed by atoms with Crippen LogP contribution in [0, 0.1) is 5.41 Å². The number of carboxylic acid groups (broad SMARTS) is 1. The van der Waals surface area contributed by atoms with Gasteiger partial charge in [0.2, 0.25) is 0 Å². The monoisotopic (exact) mass is 166 g/mol. The Labute approximate surface area is 62.3 Å². The highest BCUT2D eigenvalue weighted by Crippen LogP contribution is 2.23. The van der Waals surface area contributed by atoms with Crippen molar-refractivity contribution in [2.45, 2.75) is 19.5 Å². The lowest BCUT2D eigenvalue weighted by atomic mass is 9.89. The minimum Gasteiger partial charge on any atom is -0.481 e. The van der Waals surface area contributed by atoms with Crippen molar-refractivity contribution in [3.63, 3.8) is 0 Å². The minimum absolute atomic E-state index is 0.810. The van der Waals surface area contributed by atoms with Gasteiger partial charge in [0.15, 0.2) is 18.0 Å². The molecule has 0 aliphatic heterocycles. The second kappa shape index (κ2) is 3.14. The highest BCUT2D eigenvalue weighted by molar-refractivity contribution is 5.75. The lowest BCUT2D eigenvalue weighted by Crippen LogP contribution is -2.49. The average Bonchev–Trinajstić information content (AvgIpc) is 1.84. The van der Waals surface area contributed by atoms with Gasteiger partial charge in [-0.3, -0.25) is 4.79 Å². The van der Waals surface area contributed by atoms with Gasteiger partial charge in [0.05, 0.1) is 0 Å². The average molecular weight is 166 g/mol. The predicted octanol–water partition coefficient (Wildman–Crippen LogP) is -2.30. The Morgan fingerprint density at radius 2 is 1.45 bits per heavy atom. The maximum absolute atomic E-state index is 10.3. The summed E-state index contributed by atoms with van der Waals surface area (Å²) in [6.07, 6.45) is -4.64. The van der Waals surface area contributed by atoms with Gasteiger partial charge in [-0.1, -0.05) is 0 Å². The summed E-state index contributed by atoms with van der Waals surface area (Å²) in [5.41, 5.74) is -2.36. The Morgan fingerprint density at radius 3 is 1.45 bits per heavy atom. The number of aliphatic carboxylic acids is 1. The molecule has 0 bridgehead atoms. The van der Waals surface area contributed by atoms with Gasteiger partial charge in [-0.15, -0.1) is 0 Å². The molecular formula is C5H10O6. The SMILES string of the molecule is CC(C(=O)O)(C(O)O)C(O)O. The smallest absolute Gasteiger partial charge is 0.319 e. The summed E-state index contributed by atoms with van der Waals surface area (Å²) < 4.78 is 0. The van der Waals surface area contributed by atoms with Gasteiger partial charge in [0.25, 0.3) is 0 Å². The normalized spacial score (nSPS) is 12.6. The number of rotatable bonds is 3. The summed E-state index contributed by atoms with van der Waals surface area (Å²) in [6, 6.07) is 0. The summed E-state index contributed by atoms with van der Waals surface area (Å²) >= 11 is 0. The van der Waals surface area contributed by atoms with Gasteiger partial charge in [0.1, 0.15) is 0 Å². The first-order chi connectivity index (χ1) is 4.83. The third-order valence-electron chi connectivity index (χ3n) is 1.53. The van der Waals surface area contributed by atoms with Crippen molar-refractivity contribution < 1.29 is 30.3 Å². The standard InChI is InChI=1S/C5H10O6/c1-5(2(6)7,3(8)9)4(10)11/h2-3,6-9H,1H3,(H,10,11). The molecule has 6 heteroatoms. The second-order valence-corrected chi connectivity index (χ2v) is 2.34. The van der Waals surface area contributed by atoms with E-state index in [0.717, 1.165) is 6.92 Å². The zero-order valence-electron chi connectivity index (χ0n) is 5.80. The molecule has 6 nitrogen and oxygen atoms in total. The molecular weight excluding hydrogens is 156 g/mol. The van der Waals surface area contributed by atoms with Crippen LogP contribution in [-0.4, -0.2) is 44.1 Å². The van der Waals surface area contributed by atoms with Gasteiger partial charge < -0.3 is 25.5 Å². The summed E-state index contributed by atoms with van der Waals surface area (Å²) in [7, 11) is 0. The van der Waals surface area contributed by atoms with E-state index in [0.29, 0.717) is 0 Å². The highest BCUT2D eigenvalue weighted by atomic mass is 16.5. The Morgan fingerprint density at radius 1 is 1.18 bits per heavy atom. The summed E-state index contributed by atoms with van der Waals surface area (Å²) in [5.74, 6) is -1.69. The van der Waals surface area contributed by atoms with E-state index in [4.69, 9.17) is 25.5 Å². The quantitative estimate of drug-likeness (QED) is 0.301. The molecule has 5 N–H and O–H groups in total. The topological polar surface area (TPSA) is 118 Å². The molecule has 0 aromatic rings. The first-order valence-corrected chi connectivity index (χ1v) is 2.79. The van der Waals surface area contributed by atoms with E-state index in [-0.39, 0.29) is 0 Å². The van der Waals surface area contributed by atoms with Crippen LogP contribution in [0.5, 0.6) is 0 Å². The highest BCUT2D eigenvalue weighted by Gasteiger charge is 2.46. The second-order valence-electron chi connectivity index (χ2n) is 2.34. The molecule has 66 valence electrons. The Bertz CT molecular complexity index is 143. The molecule has 11 heavy (non-hydrogen) atoms. The van der Waals surface area contributed by atoms with Crippen molar-refractivity contribution in [2.75, 3.05) is 0 Å². The first kappa shape index (κ1) is 10.3. The molecule has 0 aromatic heterocycles. The molecule has 0 radical (unpaired) electrons. The maximum Gasteiger partial charge on any atom is 0.319 e. The van der Waals surface area contributed by atoms with Crippen molar-refractivity contribution >= 4 is 5.97 Å². The molecule has 0 aliphatic carbocycles. The predicted molar refractivity (Wildman–Crippen MR) is 32.2 cm³/mol. The third-order valence-corrected chi connectivity index (χ3v) is 1.53. The summed E-state index contributed by atoms with van der Waals surface area (Å²) in [6.45, 7) is 0.810. The van der Waals surface area contributed by atoms with E-state index < -0.39 is 24.0 Å². The number of carbonyl (C=O) groups is 1. The number of aliphatic hydroxyl groups excluding tert-OH is 2. The van der Waals surface area contributed by atoms with E-state index in [1.54, 1.807) is 0 Å². The van der Waals surface area contributed by atoms with E-state index in [9.17, 15) is 4.79 Å². The molecule has 0 unspecified atom stereocenters. The number of carboxylic acids is 1. The van der Waals surface area contributed by atoms with Crippen molar-refractivity contribution in [2.24, 2.45) is 5.41 Å². The van der Waals surface area contributed by atoms with Gasteiger partial charge in [-0.2, -0.15) is 0 Å². The molecule has 0 aliphatic rings. The van der Waals surface area contributed by atoms with Crippen molar-refractivity contribution in [3.05, 3.63) is 0 Å². The van der Waals surface area contributed by atoms with E-state index in [2.05, 4.69) is 0 Å². The first-order valence-electron chi connectivity index (χ1n) is 2.79. The lowest BCUT2D eigenvalue weighted by Gasteiger charge is -2.27. The molecule has 0 heterocycles. The van der Waals surface area contributed by atoms with Crippen molar-refractivity contribution in [3.8, 4) is 0 Å². The number of hydrogen-bond donors (Lipinski definition) is 5. The molecule has 0 atom stereocenters. The lowest BCUT2D eigenvalue weighted by molar-refractivity contribution is -0.235. The van der Waals surface area contributed by atoms with Gasteiger partial charge in [-0.25, -0.2) is 0 Å². The van der Waals surface area contributed by atoms with Crippen LogP contribution in [0.3, 0.4) is 0 Å². The zero-order chi connectivity index (χ0) is 9.23. The Balaban J connectivity index is 4.67. The van der Waals surface area contributed by atoms with Crippen LogP contribution >= 0.6 is 0 Å². The molecule has 0 saturated heterocycles. The van der Waals surface area contributed by atoms with Gasteiger partial charge in [0, 0.05) is 0 Å². The van der Waals surface area contributed by atoms with E-state index in [1.807, 2.05) is 0 Å². The van der Waals surface area contributed by atoms with Crippen LogP contribution < -0.4 is 0 Å². The molecule has 0 spiro atoms. The fourth-order valence-electron chi connectivity index (χ4n) is 0.354. The molecule has 0 fully saturated rings. The van der Waals surface area contributed by atoms with Crippen LogP contribution in [0.1, 0.15) is 6.92 Å². The molecule has 0 saturated carbocycles. The van der Waals surface area contributed by atoms with Gasteiger partial charge >= 0.3 is 5.97 Å². The van der Waals surface area contributed by atoms with Crippen LogP contribution in [0.2, 0.25) is 0 Å². The zero-order valence-corrected chi connectivity index (χ0v) is 5.80. The number of aliphatic hydroxyl groups is 4. The van der Waals surface area contributed by atoms with Crippen molar-refractivity contribution in [1.29, 1.82) is 0 Å². The van der Waals surface area contributed by atoms with Crippen molar-refractivity contribution in [1.82, 2.24) is 0 Å². The van der Waals surface area contributed by atoms with Crippen LogP contribution in [0.4, 0.5) is 0 Å². The minimum atomic E-state index is -2.36. The van der Waals surface area contributed by atoms with Gasteiger partial charge in [-0.05, 0) is 6.92 Å². The van der Waals surface area contributed by atoms with E-state index >= 15 is 0 Å². The molecule has 0 aromatic carbocycles. The Hall–Kier alpha value is -0.690. The Kier molecular flexibility index (Phi) is 2.94. The molecule has 0 amide bonds. The largest absolute Gasteiger partial charge is 0.481 e. The van der Waals surface area contributed by atoms with Crippen LogP contribution in [0.15, 0.2) is 0 Å².